The lowest BCUT2D eigenvalue weighted by atomic mass is 10.1. The largest absolute Gasteiger partial charge is 0.326 e. The first-order valence-electron chi connectivity index (χ1n) is 10.3. The maximum Gasteiger partial charge on any atom is 0.227 e. The van der Waals surface area contributed by atoms with Gasteiger partial charge in [0, 0.05) is 23.2 Å². The summed E-state index contributed by atoms with van der Waals surface area (Å²) in [5.74, 6) is 1.81. The molecular weight excluding hydrogens is 324 g/mol. The highest BCUT2D eigenvalue weighted by atomic mass is 16.2. The molecule has 2 amide bonds. The molecule has 4 nitrogen and oxygen atoms in total. The number of unbranched alkanes of at least 4 members (excludes halogenated alkanes) is 2. The van der Waals surface area contributed by atoms with E-state index >= 15 is 0 Å². The quantitative estimate of drug-likeness (QED) is 0.604. The van der Waals surface area contributed by atoms with Crippen molar-refractivity contribution in [3.63, 3.8) is 0 Å². The minimum atomic E-state index is 0.139. The van der Waals surface area contributed by atoms with Gasteiger partial charge in [-0.1, -0.05) is 39.5 Å². The van der Waals surface area contributed by atoms with Gasteiger partial charge in [0.1, 0.15) is 0 Å². The molecule has 2 aliphatic rings. The molecule has 0 aliphatic heterocycles. The second-order valence-electron chi connectivity index (χ2n) is 8.04. The molecule has 2 fully saturated rings. The van der Waals surface area contributed by atoms with Gasteiger partial charge in [0.15, 0.2) is 0 Å². The molecule has 2 aliphatic carbocycles. The van der Waals surface area contributed by atoms with Crippen LogP contribution in [0.2, 0.25) is 0 Å². The van der Waals surface area contributed by atoms with Gasteiger partial charge < -0.3 is 10.6 Å². The second kappa shape index (κ2) is 8.70. The number of amides is 2. The molecule has 26 heavy (non-hydrogen) atoms. The van der Waals surface area contributed by atoms with Crippen molar-refractivity contribution in [2.75, 3.05) is 10.6 Å². The number of carbonyl (C=O) groups is 2. The Morgan fingerprint density at radius 2 is 1.19 bits per heavy atom. The summed E-state index contributed by atoms with van der Waals surface area (Å²) in [6.07, 6.45) is 9.20. The van der Waals surface area contributed by atoms with Crippen molar-refractivity contribution in [3.05, 3.63) is 24.3 Å². The second-order valence-corrected chi connectivity index (χ2v) is 8.04. The van der Waals surface area contributed by atoms with Crippen LogP contribution in [-0.2, 0) is 9.59 Å². The van der Waals surface area contributed by atoms with Crippen LogP contribution >= 0.6 is 0 Å². The van der Waals surface area contributed by atoms with Crippen LogP contribution in [0.4, 0.5) is 11.4 Å². The van der Waals surface area contributed by atoms with Crippen LogP contribution in [0.5, 0.6) is 0 Å². The molecule has 4 heteroatoms. The molecule has 1 aromatic rings. The fourth-order valence-electron chi connectivity index (χ4n) is 3.81. The minimum absolute atomic E-state index is 0.139. The average Bonchev–Trinajstić information content (AvgIpc) is 3.54. The van der Waals surface area contributed by atoms with Crippen LogP contribution in [0.3, 0.4) is 0 Å². The zero-order valence-corrected chi connectivity index (χ0v) is 16.1. The number of rotatable bonds is 10. The van der Waals surface area contributed by atoms with Gasteiger partial charge in [-0.3, -0.25) is 9.59 Å². The Morgan fingerprint density at radius 1 is 0.808 bits per heavy atom. The third-order valence-electron chi connectivity index (χ3n) is 5.80. The molecule has 0 spiro atoms. The van der Waals surface area contributed by atoms with Crippen molar-refractivity contribution in [1.82, 2.24) is 0 Å². The molecule has 0 saturated heterocycles. The highest BCUT2D eigenvalue weighted by Crippen LogP contribution is 2.44. The first-order valence-corrected chi connectivity index (χ1v) is 10.3. The van der Waals surface area contributed by atoms with E-state index in [1.54, 1.807) is 0 Å². The van der Waals surface area contributed by atoms with Gasteiger partial charge in [0.05, 0.1) is 0 Å². The van der Waals surface area contributed by atoms with Crippen LogP contribution in [-0.4, -0.2) is 11.8 Å². The molecule has 0 radical (unpaired) electrons. The van der Waals surface area contributed by atoms with E-state index in [4.69, 9.17) is 0 Å². The summed E-state index contributed by atoms with van der Waals surface area (Å²) in [5.41, 5.74) is 1.61. The molecule has 3 rings (SSSR count). The molecule has 2 N–H and O–H groups in total. The highest BCUT2D eigenvalue weighted by Gasteiger charge is 2.42. The van der Waals surface area contributed by atoms with Gasteiger partial charge >= 0.3 is 0 Å². The predicted molar refractivity (Wildman–Crippen MR) is 106 cm³/mol. The molecule has 0 aromatic heterocycles. The number of hydrogen-bond donors (Lipinski definition) is 2. The molecular formula is C22H32N2O2. The topological polar surface area (TPSA) is 58.2 Å². The van der Waals surface area contributed by atoms with Crippen LogP contribution in [0.15, 0.2) is 24.3 Å². The maximum absolute atomic E-state index is 12.3. The normalized spacial score (nSPS) is 26.2. The lowest BCUT2D eigenvalue weighted by Gasteiger charge is -2.08. The number of nitrogens with one attached hydrogen (secondary N) is 2. The van der Waals surface area contributed by atoms with Crippen molar-refractivity contribution in [2.45, 2.75) is 65.2 Å². The summed E-state index contributed by atoms with van der Waals surface area (Å²) in [4.78, 5) is 24.5. The summed E-state index contributed by atoms with van der Waals surface area (Å²) in [6.45, 7) is 4.37. The lowest BCUT2D eigenvalue weighted by Crippen LogP contribution is -2.16. The van der Waals surface area contributed by atoms with Crippen molar-refractivity contribution in [3.8, 4) is 0 Å². The summed E-state index contributed by atoms with van der Waals surface area (Å²) >= 11 is 0. The van der Waals surface area contributed by atoms with Crippen molar-refractivity contribution < 1.29 is 9.59 Å². The van der Waals surface area contributed by atoms with Gasteiger partial charge in [0.25, 0.3) is 0 Å². The number of hydrogen-bond acceptors (Lipinski definition) is 2. The number of benzene rings is 1. The van der Waals surface area contributed by atoms with E-state index in [0.717, 1.165) is 24.2 Å². The van der Waals surface area contributed by atoms with E-state index < -0.39 is 0 Å². The number of carbonyl (C=O) groups excluding carboxylic acids is 2. The summed E-state index contributed by atoms with van der Waals surface area (Å²) in [5, 5.41) is 6.01. The first-order chi connectivity index (χ1) is 12.6. The lowest BCUT2D eigenvalue weighted by molar-refractivity contribution is -0.118. The number of anilines is 2. The van der Waals surface area contributed by atoms with Gasteiger partial charge in [-0.15, -0.1) is 0 Å². The third kappa shape index (κ3) is 5.09. The van der Waals surface area contributed by atoms with E-state index in [1.807, 2.05) is 24.3 Å². The van der Waals surface area contributed by atoms with E-state index in [9.17, 15) is 9.59 Å². The van der Waals surface area contributed by atoms with Gasteiger partial charge in [-0.05, 0) is 61.8 Å². The fraction of sp³-hybridized carbons (Fsp3) is 0.636. The van der Waals surface area contributed by atoms with E-state index in [2.05, 4.69) is 24.5 Å². The van der Waals surface area contributed by atoms with E-state index in [1.165, 1.54) is 38.5 Å². The first kappa shape index (κ1) is 18.9. The smallest absolute Gasteiger partial charge is 0.227 e. The van der Waals surface area contributed by atoms with Gasteiger partial charge in [-0.2, -0.15) is 0 Å². The molecule has 4 atom stereocenters. The fourth-order valence-corrected chi connectivity index (χ4v) is 3.81. The van der Waals surface area contributed by atoms with Crippen molar-refractivity contribution in [1.29, 1.82) is 0 Å². The molecule has 0 unspecified atom stereocenters. The van der Waals surface area contributed by atoms with E-state index in [0.29, 0.717) is 11.8 Å². The molecule has 0 heterocycles. The Balaban J connectivity index is 1.41. The Labute approximate surface area is 157 Å². The molecule has 1 aromatic carbocycles. The van der Waals surface area contributed by atoms with Crippen LogP contribution < -0.4 is 10.6 Å². The standard InChI is InChI=1S/C22H32N2O2/c1-3-5-7-15-13-19(15)21(25)23-17-9-11-18(12-10-17)24-22(26)20-14-16(20)8-6-4-2/h9-12,15-16,19-20H,3-8,13-14H2,1-2H3,(H,23,25)(H,24,26)/t15-,16+,19-,20-/m0/s1. The Morgan fingerprint density at radius 3 is 1.54 bits per heavy atom. The monoisotopic (exact) mass is 356 g/mol. The zero-order chi connectivity index (χ0) is 18.5. The zero-order valence-electron chi connectivity index (χ0n) is 16.1. The Hall–Kier alpha value is -1.84. The Kier molecular flexibility index (Phi) is 6.33. The van der Waals surface area contributed by atoms with Crippen molar-refractivity contribution >= 4 is 23.2 Å². The molecule has 2 saturated carbocycles. The van der Waals surface area contributed by atoms with Crippen molar-refractivity contribution in [2.24, 2.45) is 23.7 Å². The molecule has 0 bridgehead atoms. The summed E-state index contributed by atoms with van der Waals surface area (Å²) in [6, 6.07) is 7.49. The SMILES string of the molecule is CCCC[C@@H]1C[C@@H]1C(=O)Nc1ccc(NC(=O)[C@H]2C[C@@H]2CCCC)cc1. The third-order valence-corrected chi connectivity index (χ3v) is 5.80. The average molecular weight is 357 g/mol. The predicted octanol–water partition coefficient (Wildman–Crippen LogP) is 5.22. The minimum Gasteiger partial charge on any atom is -0.326 e. The van der Waals surface area contributed by atoms with Crippen LogP contribution in [0.25, 0.3) is 0 Å². The van der Waals surface area contributed by atoms with Gasteiger partial charge in [0.2, 0.25) is 11.8 Å². The maximum atomic E-state index is 12.3. The highest BCUT2D eigenvalue weighted by molar-refractivity contribution is 5.96. The summed E-state index contributed by atoms with van der Waals surface area (Å²) in [7, 11) is 0. The summed E-state index contributed by atoms with van der Waals surface area (Å²) < 4.78 is 0. The van der Waals surface area contributed by atoms with Gasteiger partial charge in [-0.25, -0.2) is 0 Å². The Bertz CT molecular complexity index is 571. The van der Waals surface area contributed by atoms with Crippen LogP contribution in [0.1, 0.15) is 65.2 Å². The van der Waals surface area contributed by atoms with Crippen LogP contribution in [0, 0.1) is 23.7 Å². The molecule has 142 valence electrons. The van der Waals surface area contributed by atoms with E-state index in [-0.39, 0.29) is 23.7 Å².